The van der Waals surface area contributed by atoms with Crippen molar-refractivity contribution in [1.29, 1.82) is 0 Å². The molecule has 1 rings (SSSR count). The summed E-state index contributed by atoms with van der Waals surface area (Å²) < 4.78 is 4.81. The molecule has 0 bridgehead atoms. The van der Waals surface area contributed by atoms with E-state index in [0.717, 1.165) is 5.69 Å². The molecule has 1 heterocycles. The maximum absolute atomic E-state index is 11.3. The van der Waals surface area contributed by atoms with Crippen LogP contribution < -0.4 is 0 Å². The van der Waals surface area contributed by atoms with Crippen molar-refractivity contribution in [2.45, 2.75) is 13.8 Å². The third kappa shape index (κ3) is 2.42. The lowest BCUT2D eigenvalue weighted by Gasteiger charge is -2.03. The van der Waals surface area contributed by atoms with E-state index in [4.69, 9.17) is 16.3 Å². The molecule has 3 nitrogen and oxygen atoms in total. The summed E-state index contributed by atoms with van der Waals surface area (Å²) in [7, 11) is 0. The van der Waals surface area contributed by atoms with Crippen LogP contribution in [0.3, 0.4) is 0 Å². The molecule has 0 saturated heterocycles. The first-order valence-electron chi connectivity index (χ1n) is 3.94. The van der Waals surface area contributed by atoms with Gasteiger partial charge in [-0.1, -0.05) is 11.6 Å². The standard InChI is InChI=1S/C9H10ClNO2/c1-3-13-9(12)7-4-6(2)11-5-8(7)10/h4-5H,3H2,1-2H3. The average Bonchev–Trinajstić information content (AvgIpc) is 2.09. The van der Waals surface area contributed by atoms with Crippen molar-refractivity contribution in [2.75, 3.05) is 6.61 Å². The number of rotatable bonds is 2. The number of pyridine rings is 1. The third-order valence-electron chi connectivity index (χ3n) is 1.49. The maximum Gasteiger partial charge on any atom is 0.339 e. The van der Waals surface area contributed by atoms with E-state index in [1.54, 1.807) is 19.9 Å². The largest absolute Gasteiger partial charge is 0.462 e. The van der Waals surface area contributed by atoms with Crippen LogP contribution in [0.4, 0.5) is 0 Å². The second kappa shape index (κ2) is 4.23. The van der Waals surface area contributed by atoms with Gasteiger partial charge in [-0.2, -0.15) is 0 Å². The third-order valence-corrected chi connectivity index (χ3v) is 1.79. The van der Waals surface area contributed by atoms with E-state index in [2.05, 4.69) is 4.98 Å². The van der Waals surface area contributed by atoms with Gasteiger partial charge < -0.3 is 4.74 Å². The Bertz CT molecular complexity index is 325. The molecule has 0 aliphatic carbocycles. The van der Waals surface area contributed by atoms with Crippen molar-refractivity contribution < 1.29 is 9.53 Å². The van der Waals surface area contributed by atoms with Crippen LogP contribution in [-0.4, -0.2) is 17.6 Å². The highest BCUT2D eigenvalue weighted by Crippen LogP contribution is 2.16. The van der Waals surface area contributed by atoms with Gasteiger partial charge in [0.05, 0.1) is 17.2 Å². The molecule has 4 heteroatoms. The molecule has 0 spiro atoms. The first-order chi connectivity index (χ1) is 6.15. The molecule has 0 N–H and O–H groups in total. The van der Waals surface area contributed by atoms with Crippen LogP contribution in [0.25, 0.3) is 0 Å². The number of aryl methyl sites for hydroxylation is 1. The number of ether oxygens (including phenoxy) is 1. The van der Waals surface area contributed by atoms with Crippen LogP contribution >= 0.6 is 11.6 Å². The first-order valence-corrected chi connectivity index (χ1v) is 4.32. The minimum Gasteiger partial charge on any atom is -0.462 e. The van der Waals surface area contributed by atoms with Crippen LogP contribution in [-0.2, 0) is 4.74 Å². The molecule has 0 aliphatic rings. The molecule has 0 radical (unpaired) electrons. The predicted octanol–water partition coefficient (Wildman–Crippen LogP) is 2.22. The van der Waals surface area contributed by atoms with Gasteiger partial charge in [0.25, 0.3) is 0 Å². The van der Waals surface area contributed by atoms with Crippen LogP contribution in [0.5, 0.6) is 0 Å². The number of hydrogen-bond acceptors (Lipinski definition) is 3. The number of esters is 1. The molecule has 0 amide bonds. The fourth-order valence-corrected chi connectivity index (χ4v) is 1.09. The molecule has 0 aliphatic heterocycles. The second-order valence-electron chi connectivity index (χ2n) is 2.53. The van der Waals surface area contributed by atoms with Crippen LogP contribution in [0.1, 0.15) is 23.0 Å². The average molecular weight is 200 g/mol. The minimum atomic E-state index is -0.405. The van der Waals surface area contributed by atoms with Gasteiger partial charge in [0.1, 0.15) is 0 Å². The number of carbonyl (C=O) groups excluding carboxylic acids is 1. The van der Waals surface area contributed by atoms with Gasteiger partial charge in [-0.05, 0) is 19.9 Å². The van der Waals surface area contributed by atoms with E-state index in [1.807, 2.05) is 0 Å². The summed E-state index contributed by atoms with van der Waals surface area (Å²) in [6, 6.07) is 1.61. The molecule has 1 aromatic heterocycles. The number of carbonyl (C=O) groups is 1. The van der Waals surface area contributed by atoms with Gasteiger partial charge in [-0.25, -0.2) is 4.79 Å². The van der Waals surface area contributed by atoms with Gasteiger partial charge in [0.2, 0.25) is 0 Å². The SMILES string of the molecule is CCOC(=O)c1cc(C)ncc1Cl. The van der Waals surface area contributed by atoms with Crippen LogP contribution in [0.15, 0.2) is 12.3 Å². The zero-order chi connectivity index (χ0) is 9.84. The van der Waals surface area contributed by atoms with E-state index in [-0.39, 0.29) is 0 Å². The number of nitrogens with zero attached hydrogens (tertiary/aromatic N) is 1. The fourth-order valence-electron chi connectivity index (χ4n) is 0.908. The van der Waals surface area contributed by atoms with Crippen LogP contribution in [0, 0.1) is 6.92 Å². The summed E-state index contributed by atoms with van der Waals surface area (Å²) in [5.41, 5.74) is 1.11. The Kier molecular flexibility index (Phi) is 3.25. The molecular weight excluding hydrogens is 190 g/mol. The molecule has 0 fully saturated rings. The van der Waals surface area contributed by atoms with Crippen molar-refractivity contribution in [1.82, 2.24) is 4.98 Å². The van der Waals surface area contributed by atoms with Crippen molar-refractivity contribution in [3.05, 3.63) is 28.5 Å². The Morgan fingerprint density at radius 3 is 3.00 bits per heavy atom. The van der Waals surface area contributed by atoms with E-state index < -0.39 is 5.97 Å². The van der Waals surface area contributed by atoms with Crippen LogP contribution in [0.2, 0.25) is 5.02 Å². The molecule has 0 saturated carbocycles. The van der Waals surface area contributed by atoms with Gasteiger partial charge >= 0.3 is 5.97 Å². The van der Waals surface area contributed by atoms with Crippen molar-refractivity contribution in [2.24, 2.45) is 0 Å². The zero-order valence-electron chi connectivity index (χ0n) is 7.50. The molecule has 0 atom stereocenters. The zero-order valence-corrected chi connectivity index (χ0v) is 8.26. The highest BCUT2D eigenvalue weighted by molar-refractivity contribution is 6.33. The van der Waals surface area contributed by atoms with E-state index in [0.29, 0.717) is 17.2 Å². The Labute approximate surface area is 81.7 Å². The normalized spacial score (nSPS) is 9.77. The molecule has 13 heavy (non-hydrogen) atoms. The summed E-state index contributed by atoms with van der Waals surface area (Å²) in [5.74, 6) is -0.405. The summed E-state index contributed by atoms with van der Waals surface area (Å²) in [6.45, 7) is 3.88. The molecule has 1 aromatic rings. The number of aromatic nitrogens is 1. The number of hydrogen-bond donors (Lipinski definition) is 0. The van der Waals surface area contributed by atoms with Gasteiger partial charge in [0.15, 0.2) is 0 Å². The fraction of sp³-hybridized carbons (Fsp3) is 0.333. The lowest BCUT2D eigenvalue weighted by atomic mass is 10.2. The quantitative estimate of drug-likeness (QED) is 0.686. The van der Waals surface area contributed by atoms with E-state index in [1.165, 1.54) is 6.20 Å². The molecular formula is C9H10ClNO2. The predicted molar refractivity (Wildman–Crippen MR) is 49.9 cm³/mol. The Morgan fingerprint density at radius 2 is 2.38 bits per heavy atom. The van der Waals surface area contributed by atoms with Crippen molar-refractivity contribution in [3.63, 3.8) is 0 Å². The summed E-state index contributed by atoms with van der Waals surface area (Å²) in [4.78, 5) is 15.2. The van der Waals surface area contributed by atoms with Crippen molar-refractivity contribution in [3.8, 4) is 0 Å². The lowest BCUT2D eigenvalue weighted by Crippen LogP contribution is -2.06. The monoisotopic (exact) mass is 199 g/mol. The second-order valence-corrected chi connectivity index (χ2v) is 2.93. The Balaban J connectivity index is 2.99. The molecule has 70 valence electrons. The Morgan fingerprint density at radius 1 is 1.69 bits per heavy atom. The number of halogens is 1. The van der Waals surface area contributed by atoms with E-state index in [9.17, 15) is 4.79 Å². The first kappa shape index (κ1) is 9.99. The van der Waals surface area contributed by atoms with Gasteiger partial charge in [-0.15, -0.1) is 0 Å². The maximum atomic E-state index is 11.3. The summed E-state index contributed by atoms with van der Waals surface area (Å²) in [6.07, 6.45) is 1.45. The highest BCUT2D eigenvalue weighted by atomic mass is 35.5. The summed E-state index contributed by atoms with van der Waals surface area (Å²) >= 11 is 5.76. The Hall–Kier alpha value is -1.09. The van der Waals surface area contributed by atoms with E-state index >= 15 is 0 Å². The highest BCUT2D eigenvalue weighted by Gasteiger charge is 2.11. The topological polar surface area (TPSA) is 39.2 Å². The molecule has 0 aromatic carbocycles. The van der Waals surface area contributed by atoms with Crippen molar-refractivity contribution >= 4 is 17.6 Å². The smallest absolute Gasteiger partial charge is 0.339 e. The molecule has 0 unspecified atom stereocenters. The summed E-state index contributed by atoms with van der Waals surface area (Å²) in [5, 5.41) is 0.323. The minimum absolute atomic E-state index is 0.323. The lowest BCUT2D eigenvalue weighted by molar-refractivity contribution is 0.0526. The van der Waals surface area contributed by atoms with Gasteiger partial charge in [0, 0.05) is 11.9 Å². The van der Waals surface area contributed by atoms with Gasteiger partial charge in [-0.3, -0.25) is 4.98 Å².